The minimum Gasteiger partial charge on any atom is -0.494 e. The van der Waals surface area contributed by atoms with Crippen LogP contribution in [0.1, 0.15) is 45.8 Å². The largest absolute Gasteiger partial charge is 0.494 e. The molecule has 1 N–H and O–H groups in total. The van der Waals surface area contributed by atoms with Gasteiger partial charge in [-0.05, 0) is 29.7 Å². The topological polar surface area (TPSA) is 111 Å². The summed E-state index contributed by atoms with van der Waals surface area (Å²) in [6, 6.07) is 28.7. The molecule has 2 aromatic heterocycles. The maximum atomic E-state index is 14.1. The molecule has 10 nitrogen and oxygen atoms in total. The molecule has 10 heteroatoms. The van der Waals surface area contributed by atoms with Gasteiger partial charge in [0.15, 0.2) is 5.69 Å². The SMILES string of the molecule is COC(=O)c1cn([C@@H]2C[C@@H](C(=O)NC(c3ccccc3)c3ccccc3)N(Cc3ccc4cccc(OC)c4n3)C2)nn1. The van der Waals surface area contributed by atoms with Gasteiger partial charge in [0.1, 0.15) is 11.3 Å². The first kappa shape index (κ1) is 28.0. The standard InChI is InChI=1S/C33H32N6O4/c1-42-29-15-9-14-24-16-17-25(34-31(24)29)19-38-20-26(39-21-27(36-37-39)33(41)43-2)18-28(38)32(40)35-30(22-10-5-3-6-11-22)23-12-7-4-8-13-23/h3-17,21,26,28,30H,18-20H2,1-2H3,(H,35,40)/t26-,28+/m1/s1. The van der Waals surface area contributed by atoms with E-state index in [1.54, 1.807) is 18.0 Å². The molecule has 0 radical (unpaired) electrons. The Balaban J connectivity index is 1.31. The van der Waals surface area contributed by atoms with Crippen molar-refractivity contribution in [2.75, 3.05) is 20.8 Å². The fraction of sp³-hybridized carbons (Fsp3) is 0.242. The van der Waals surface area contributed by atoms with E-state index in [1.165, 1.54) is 7.11 Å². The number of aromatic nitrogens is 4. The Labute approximate surface area is 249 Å². The molecule has 1 aliphatic heterocycles. The zero-order valence-electron chi connectivity index (χ0n) is 24.0. The predicted molar refractivity (Wildman–Crippen MR) is 160 cm³/mol. The lowest BCUT2D eigenvalue weighted by atomic mass is 9.98. The number of methoxy groups -OCH3 is 2. The monoisotopic (exact) mass is 576 g/mol. The molecular formula is C33H32N6O4. The number of benzene rings is 3. The summed E-state index contributed by atoms with van der Waals surface area (Å²) in [5.74, 6) is 0.0321. The van der Waals surface area contributed by atoms with Crippen molar-refractivity contribution >= 4 is 22.8 Å². The summed E-state index contributed by atoms with van der Waals surface area (Å²) in [5, 5.41) is 12.5. The minimum atomic E-state index is -0.557. The molecule has 0 unspecified atom stereocenters. The van der Waals surface area contributed by atoms with Crippen LogP contribution >= 0.6 is 0 Å². The third-order valence-corrected chi connectivity index (χ3v) is 7.84. The van der Waals surface area contributed by atoms with Crippen LogP contribution in [-0.4, -0.2) is 63.6 Å². The van der Waals surface area contributed by atoms with Crippen molar-refractivity contribution in [2.45, 2.75) is 31.1 Å². The molecule has 3 aromatic carbocycles. The summed E-state index contributed by atoms with van der Waals surface area (Å²) in [7, 11) is 2.94. The van der Waals surface area contributed by atoms with Crippen molar-refractivity contribution in [1.82, 2.24) is 30.2 Å². The highest BCUT2D eigenvalue weighted by molar-refractivity contribution is 5.86. The Morgan fingerprint density at radius 1 is 0.930 bits per heavy atom. The molecule has 43 heavy (non-hydrogen) atoms. The van der Waals surface area contributed by atoms with E-state index in [1.807, 2.05) is 91.0 Å². The van der Waals surface area contributed by atoms with Gasteiger partial charge >= 0.3 is 5.97 Å². The van der Waals surface area contributed by atoms with E-state index in [-0.39, 0.29) is 23.7 Å². The molecule has 1 aliphatic rings. The second-order valence-electron chi connectivity index (χ2n) is 10.5. The van der Waals surface area contributed by atoms with Crippen LogP contribution in [-0.2, 0) is 16.1 Å². The van der Waals surface area contributed by atoms with E-state index >= 15 is 0 Å². The van der Waals surface area contributed by atoms with Gasteiger partial charge in [0.25, 0.3) is 0 Å². The Kier molecular flexibility index (Phi) is 8.10. The fourth-order valence-electron chi connectivity index (χ4n) is 5.68. The number of nitrogens with zero attached hydrogens (tertiary/aromatic N) is 5. The second kappa shape index (κ2) is 12.4. The average molecular weight is 577 g/mol. The number of rotatable bonds is 9. The summed E-state index contributed by atoms with van der Waals surface area (Å²) in [4.78, 5) is 33.2. The molecule has 6 rings (SSSR count). The van der Waals surface area contributed by atoms with Crippen LogP contribution in [0.15, 0.2) is 97.2 Å². The molecule has 1 fully saturated rings. The first-order valence-electron chi connectivity index (χ1n) is 14.1. The maximum Gasteiger partial charge on any atom is 0.360 e. The minimum absolute atomic E-state index is 0.105. The third kappa shape index (κ3) is 5.96. The van der Waals surface area contributed by atoms with Crippen LogP contribution in [0.5, 0.6) is 5.75 Å². The first-order chi connectivity index (χ1) is 21.0. The summed E-state index contributed by atoms with van der Waals surface area (Å²) in [6.07, 6.45) is 2.05. The van der Waals surface area contributed by atoms with Gasteiger partial charge in [-0.1, -0.05) is 84.1 Å². The number of nitrogens with one attached hydrogen (secondary N) is 1. The van der Waals surface area contributed by atoms with Gasteiger partial charge in [-0.25, -0.2) is 14.5 Å². The number of carbonyl (C=O) groups is 2. The van der Waals surface area contributed by atoms with Crippen molar-refractivity contribution in [1.29, 1.82) is 0 Å². The lowest BCUT2D eigenvalue weighted by molar-refractivity contribution is -0.126. The Morgan fingerprint density at radius 3 is 2.33 bits per heavy atom. The molecule has 0 aliphatic carbocycles. The van der Waals surface area contributed by atoms with Crippen LogP contribution in [0.4, 0.5) is 0 Å². The molecule has 1 saturated heterocycles. The normalized spacial score (nSPS) is 16.8. The quantitative estimate of drug-likeness (QED) is 0.258. The Bertz CT molecular complexity index is 1690. The molecule has 0 spiro atoms. The number of ether oxygens (including phenoxy) is 2. The zero-order chi connectivity index (χ0) is 29.8. The molecule has 5 aromatic rings. The van der Waals surface area contributed by atoms with Gasteiger partial charge in [-0.2, -0.15) is 0 Å². The molecule has 1 amide bonds. The van der Waals surface area contributed by atoms with Gasteiger partial charge in [0.05, 0.1) is 44.2 Å². The molecule has 0 saturated carbocycles. The number of amides is 1. The van der Waals surface area contributed by atoms with Gasteiger partial charge in [-0.3, -0.25) is 9.69 Å². The number of hydrogen-bond acceptors (Lipinski definition) is 8. The lowest BCUT2D eigenvalue weighted by Gasteiger charge is -2.27. The van der Waals surface area contributed by atoms with E-state index in [0.717, 1.165) is 27.7 Å². The summed E-state index contributed by atoms with van der Waals surface area (Å²) < 4.78 is 12.0. The summed E-state index contributed by atoms with van der Waals surface area (Å²) in [6.45, 7) is 0.942. The van der Waals surface area contributed by atoms with E-state index in [9.17, 15) is 9.59 Å². The number of hydrogen-bond donors (Lipinski definition) is 1. The Hall–Kier alpha value is -5.09. The van der Waals surface area contributed by atoms with E-state index < -0.39 is 12.0 Å². The smallest absolute Gasteiger partial charge is 0.360 e. The summed E-state index contributed by atoms with van der Waals surface area (Å²) >= 11 is 0. The number of carbonyl (C=O) groups excluding carboxylic acids is 2. The highest BCUT2D eigenvalue weighted by Gasteiger charge is 2.39. The Morgan fingerprint density at radius 2 is 1.65 bits per heavy atom. The van der Waals surface area contributed by atoms with Crippen molar-refractivity contribution in [3.63, 3.8) is 0 Å². The lowest BCUT2D eigenvalue weighted by Crippen LogP contribution is -2.44. The maximum absolute atomic E-state index is 14.1. The number of likely N-dealkylation sites (tertiary alicyclic amines) is 1. The highest BCUT2D eigenvalue weighted by Crippen LogP contribution is 2.31. The average Bonchev–Trinajstić information content (AvgIpc) is 3.72. The fourth-order valence-corrected chi connectivity index (χ4v) is 5.68. The van der Waals surface area contributed by atoms with Crippen molar-refractivity contribution in [2.24, 2.45) is 0 Å². The van der Waals surface area contributed by atoms with Gasteiger partial charge < -0.3 is 14.8 Å². The molecular weight excluding hydrogens is 544 g/mol. The summed E-state index contributed by atoms with van der Waals surface area (Å²) in [5.41, 5.74) is 3.69. The van der Waals surface area contributed by atoms with Crippen LogP contribution in [0.2, 0.25) is 0 Å². The third-order valence-electron chi connectivity index (χ3n) is 7.84. The molecule has 3 heterocycles. The van der Waals surface area contributed by atoms with E-state index in [0.29, 0.717) is 25.3 Å². The van der Waals surface area contributed by atoms with Crippen LogP contribution < -0.4 is 10.1 Å². The van der Waals surface area contributed by atoms with Gasteiger partial charge in [0.2, 0.25) is 5.91 Å². The van der Waals surface area contributed by atoms with Crippen molar-refractivity contribution < 1.29 is 19.1 Å². The first-order valence-corrected chi connectivity index (χ1v) is 14.1. The second-order valence-corrected chi connectivity index (χ2v) is 10.5. The van der Waals surface area contributed by atoms with Crippen molar-refractivity contribution in [3.8, 4) is 5.75 Å². The number of para-hydroxylation sites is 1. The van der Waals surface area contributed by atoms with Crippen molar-refractivity contribution in [3.05, 3.63) is 120 Å². The van der Waals surface area contributed by atoms with Crippen LogP contribution in [0, 0.1) is 0 Å². The van der Waals surface area contributed by atoms with Crippen LogP contribution in [0.25, 0.3) is 10.9 Å². The predicted octanol–water partition coefficient (Wildman–Crippen LogP) is 4.34. The highest BCUT2D eigenvalue weighted by atomic mass is 16.5. The van der Waals surface area contributed by atoms with E-state index in [2.05, 4.69) is 20.5 Å². The molecule has 218 valence electrons. The number of fused-ring (bicyclic) bond motifs is 1. The molecule has 0 bridgehead atoms. The van der Waals surface area contributed by atoms with Gasteiger partial charge in [0, 0.05) is 18.5 Å². The molecule has 2 atom stereocenters. The van der Waals surface area contributed by atoms with E-state index in [4.69, 9.17) is 14.5 Å². The number of pyridine rings is 1. The number of esters is 1. The van der Waals surface area contributed by atoms with Crippen LogP contribution in [0.3, 0.4) is 0 Å². The van der Waals surface area contributed by atoms with Gasteiger partial charge in [-0.15, -0.1) is 5.10 Å². The zero-order valence-corrected chi connectivity index (χ0v) is 24.0.